The molecule has 1 aliphatic carbocycles. The largest absolute Gasteiger partial charge is 0.286 e. The van der Waals surface area contributed by atoms with Crippen LogP contribution >= 0.6 is 23.2 Å². The molecule has 0 atom stereocenters. The van der Waals surface area contributed by atoms with Gasteiger partial charge in [0.15, 0.2) is 11.0 Å². The fourth-order valence-corrected chi connectivity index (χ4v) is 3.31. The van der Waals surface area contributed by atoms with Crippen molar-refractivity contribution in [2.24, 2.45) is 0 Å². The van der Waals surface area contributed by atoms with Crippen LogP contribution in [0.4, 0.5) is 0 Å². The molecule has 0 bridgehead atoms. The molecule has 0 amide bonds. The van der Waals surface area contributed by atoms with Crippen LogP contribution in [0.3, 0.4) is 0 Å². The van der Waals surface area contributed by atoms with Crippen LogP contribution in [0.2, 0.25) is 0 Å². The molecule has 0 unspecified atom stereocenters. The van der Waals surface area contributed by atoms with Crippen LogP contribution in [0.5, 0.6) is 0 Å². The summed E-state index contributed by atoms with van der Waals surface area (Å²) in [4.78, 5) is 6.89. The van der Waals surface area contributed by atoms with E-state index in [1.54, 1.807) is 0 Å². The summed E-state index contributed by atoms with van der Waals surface area (Å²) >= 11 is 12.6. The normalized spacial score (nSPS) is 14.8. The van der Waals surface area contributed by atoms with Gasteiger partial charge in [-0.15, -0.1) is 0 Å². The summed E-state index contributed by atoms with van der Waals surface area (Å²) in [5.41, 5.74) is 5.28. The van der Waals surface area contributed by atoms with Gasteiger partial charge in [0.05, 0.1) is 5.56 Å². The lowest BCUT2D eigenvalue weighted by Crippen LogP contribution is -2.04. The highest BCUT2D eigenvalue weighted by molar-refractivity contribution is 6.38. The molecule has 2 N–H and O–H groups in total. The number of allylic oxidation sites excluding steroid dienone is 6. The maximum atomic E-state index is 6.49. The van der Waals surface area contributed by atoms with Crippen LogP contribution in [-0.2, 0) is 0 Å². The number of benzene rings is 2. The molecule has 1 heterocycles. The standard InChI is InChI=1S/C20H14Cl2N2/c21-13-9-11-15(17(22)12-10-13)14-5-1-2-6-16(14)20-23-18-7-3-4-8-19(18)24-20/h1-8,10-12H,9H2,(H,23,24)/p+1. The van der Waals surface area contributed by atoms with E-state index in [2.05, 4.69) is 40.3 Å². The number of hydrogen-bond acceptors (Lipinski definition) is 0. The maximum absolute atomic E-state index is 6.49. The summed E-state index contributed by atoms with van der Waals surface area (Å²) in [6, 6.07) is 16.4. The van der Waals surface area contributed by atoms with E-state index in [0.717, 1.165) is 38.6 Å². The molecule has 4 rings (SSSR count). The van der Waals surface area contributed by atoms with Crippen LogP contribution in [0.15, 0.2) is 76.8 Å². The first-order chi connectivity index (χ1) is 11.7. The Morgan fingerprint density at radius 1 is 0.875 bits per heavy atom. The Morgan fingerprint density at radius 2 is 1.62 bits per heavy atom. The summed E-state index contributed by atoms with van der Waals surface area (Å²) in [6.07, 6.45) is 6.46. The Hall–Kier alpha value is -2.29. The fourth-order valence-electron chi connectivity index (χ4n) is 2.93. The zero-order valence-corrected chi connectivity index (χ0v) is 14.3. The quantitative estimate of drug-likeness (QED) is 0.614. The predicted molar refractivity (Wildman–Crippen MR) is 101 cm³/mol. The first kappa shape index (κ1) is 15.3. The zero-order valence-electron chi connectivity index (χ0n) is 12.8. The summed E-state index contributed by atoms with van der Waals surface area (Å²) in [5, 5.41) is 1.46. The number of aromatic nitrogens is 2. The predicted octanol–water partition coefficient (Wildman–Crippen LogP) is 5.68. The molecule has 2 aromatic carbocycles. The molecule has 0 aliphatic heterocycles. The van der Waals surface area contributed by atoms with Gasteiger partial charge in [0.25, 0.3) is 5.82 Å². The van der Waals surface area contributed by atoms with Crippen LogP contribution in [0, 0.1) is 0 Å². The lowest BCUT2D eigenvalue weighted by Gasteiger charge is -2.09. The van der Waals surface area contributed by atoms with Crippen molar-refractivity contribution in [3.63, 3.8) is 0 Å². The molecule has 1 aromatic heterocycles. The molecular formula is C20H15Cl2N2+. The lowest BCUT2D eigenvalue weighted by atomic mass is 9.98. The van der Waals surface area contributed by atoms with E-state index in [1.807, 2.05) is 36.4 Å². The number of hydrogen-bond donors (Lipinski definition) is 1. The highest BCUT2D eigenvalue weighted by Crippen LogP contribution is 2.35. The molecule has 0 saturated carbocycles. The zero-order chi connectivity index (χ0) is 16.5. The third kappa shape index (κ3) is 2.79. The van der Waals surface area contributed by atoms with Crippen molar-refractivity contribution in [1.82, 2.24) is 4.98 Å². The Morgan fingerprint density at radius 3 is 2.46 bits per heavy atom. The minimum atomic E-state index is 0.675. The average molecular weight is 354 g/mol. The van der Waals surface area contributed by atoms with Gasteiger partial charge in [-0.2, -0.15) is 0 Å². The highest BCUT2D eigenvalue weighted by Gasteiger charge is 2.19. The smallest absolute Gasteiger partial charge is 0.237 e. The van der Waals surface area contributed by atoms with Gasteiger partial charge in [0.2, 0.25) is 0 Å². The van der Waals surface area contributed by atoms with E-state index >= 15 is 0 Å². The summed E-state index contributed by atoms with van der Waals surface area (Å²) in [5.74, 6) is 0.959. The Bertz CT molecular complexity index is 976. The number of para-hydroxylation sites is 2. The van der Waals surface area contributed by atoms with Crippen LogP contribution in [-0.4, -0.2) is 4.98 Å². The number of rotatable bonds is 2. The Kier molecular flexibility index (Phi) is 4.01. The molecule has 2 nitrogen and oxygen atoms in total. The van der Waals surface area contributed by atoms with Crippen molar-refractivity contribution in [2.75, 3.05) is 0 Å². The third-order valence-corrected chi connectivity index (χ3v) is 4.71. The number of aromatic amines is 2. The van der Waals surface area contributed by atoms with Crippen LogP contribution in [0.25, 0.3) is 28.0 Å². The van der Waals surface area contributed by atoms with Gasteiger partial charge >= 0.3 is 0 Å². The van der Waals surface area contributed by atoms with Gasteiger partial charge in [0.1, 0.15) is 0 Å². The van der Waals surface area contributed by atoms with E-state index in [-0.39, 0.29) is 0 Å². The number of H-pyrrole nitrogens is 2. The van der Waals surface area contributed by atoms with Crippen molar-refractivity contribution in [1.29, 1.82) is 0 Å². The third-order valence-electron chi connectivity index (χ3n) is 4.10. The number of halogens is 2. The number of imidazole rings is 1. The minimum absolute atomic E-state index is 0.675. The highest BCUT2D eigenvalue weighted by atomic mass is 35.5. The van der Waals surface area contributed by atoms with Gasteiger partial charge in [0, 0.05) is 16.5 Å². The van der Waals surface area contributed by atoms with Gasteiger partial charge in [-0.3, -0.25) is 0 Å². The molecule has 0 spiro atoms. The van der Waals surface area contributed by atoms with Crippen molar-refractivity contribution in [2.45, 2.75) is 6.42 Å². The van der Waals surface area contributed by atoms with E-state index in [0.29, 0.717) is 11.5 Å². The van der Waals surface area contributed by atoms with Gasteiger partial charge in [-0.05, 0) is 41.5 Å². The van der Waals surface area contributed by atoms with Crippen molar-refractivity contribution >= 4 is 39.8 Å². The first-order valence-electron chi connectivity index (χ1n) is 7.74. The fraction of sp³-hybridized carbons (Fsp3) is 0.0500. The molecule has 3 aromatic rings. The second kappa shape index (κ2) is 6.31. The summed E-state index contributed by atoms with van der Waals surface area (Å²) in [6.45, 7) is 0. The first-order valence-corrected chi connectivity index (χ1v) is 8.50. The number of fused-ring (bicyclic) bond motifs is 1. The Balaban J connectivity index is 1.87. The lowest BCUT2D eigenvalue weighted by molar-refractivity contribution is -0.330. The summed E-state index contributed by atoms with van der Waals surface area (Å²) < 4.78 is 0. The molecule has 118 valence electrons. The van der Waals surface area contributed by atoms with Gasteiger partial charge < -0.3 is 0 Å². The van der Waals surface area contributed by atoms with E-state index in [1.165, 1.54) is 0 Å². The second-order valence-corrected chi connectivity index (χ2v) is 6.56. The SMILES string of the molecule is ClC1=CC=C(Cl)C(c2ccccc2-c2[nH]c3ccccc3[nH+]2)=CC1. The maximum Gasteiger partial charge on any atom is 0.286 e. The second-order valence-electron chi connectivity index (χ2n) is 5.67. The molecule has 0 saturated heterocycles. The Labute approximate surface area is 150 Å². The monoisotopic (exact) mass is 353 g/mol. The molecule has 0 fully saturated rings. The molecule has 1 aliphatic rings. The van der Waals surface area contributed by atoms with Gasteiger partial charge in [-0.1, -0.05) is 59.6 Å². The van der Waals surface area contributed by atoms with E-state index in [9.17, 15) is 0 Å². The van der Waals surface area contributed by atoms with E-state index < -0.39 is 0 Å². The molecule has 4 heteroatoms. The molecule has 24 heavy (non-hydrogen) atoms. The van der Waals surface area contributed by atoms with Crippen molar-refractivity contribution < 1.29 is 4.98 Å². The number of nitrogens with one attached hydrogen (secondary N) is 2. The molecule has 0 radical (unpaired) electrons. The minimum Gasteiger partial charge on any atom is -0.237 e. The van der Waals surface area contributed by atoms with Crippen molar-refractivity contribution in [3.05, 3.63) is 82.4 Å². The van der Waals surface area contributed by atoms with Crippen molar-refractivity contribution in [3.8, 4) is 11.4 Å². The topological polar surface area (TPSA) is 29.9 Å². The van der Waals surface area contributed by atoms with Crippen LogP contribution in [0.1, 0.15) is 12.0 Å². The molecular weight excluding hydrogens is 339 g/mol. The van der Waals surface area contributed by atoms with E-state index in [4.69, 9.17) is 23.2 Å². The summed E-state index contributed by atoms with van der Waals surface area (Å²) in [7, 11) is 0. The average Bonchev–Trinajstić information content (AvgIpc) is 2.97. The van der Waals surface area contributed by atoms with Crippen LogP contribution < -0.4 is 4.98 Å². The van der Waals surface area contributed by atoms with Gasteiger partial charge in [-0.25, -0.2) is 9.97 Å².